The Morgan fingerprint density at radius 3 is 2.51 bits per heavy atom. The van der Waals surface area contributed by atoms with Gasteiger partial charge in [0.1, 0.15) is 0 Å². The van der Waals surface area contributed by atoms with Crippen molar-refractivity contribution in [2.45, 2.75) is 77.4 Å². The van der Waals surface area contributed by atoms with Crippen LogP contribution in [-0.4, -0.2) is 36.5 Å². The first kappa shape index (κ1) is 25.8. The molecule has 2 heterocycles. The van der Waals surface area contributed by atoms with Gasteiger partial charge in [-0.25, -0.2) is 8.42 Å². The highest BCUT2D eigenvalue weighted by Crippen LogP contribution is 2.41. The number of nitrogens with one attached hydrogen (secondary N) is 1. The van der Waals surface area contributed by atoms with E-state index in [2.05, 4.69) is 42.0 Å². The normalized spacial score (nSPS) is 22.8. The fourth-order valence-electron chi connectivity index (χ4n) is 5.63. The summed E-state index contributed by atoms with van der Waals surface area (Å²) in [7, 11) is -3.28. The zero-order valence-electron chi connectivity index (χ0n) is 21.5. The molecular formula is C28H39N3O3S. The minimum atomic E-state index is -3.28. The van der Waals surface area contributed by atoms with Crippen LogP contribution in [0.4, 0.5) is 0 Å². The van der Waals surface area contributed by atoms with Gasteiger partial charge in [0.2, 0.25) is 0 Å². The van der Waals surface area contributed by atoms with Crippen LogP contribution < -0.4 is 5.32 Å². The minimum Gasteiger partial charge on any atom is -0.346 e. The highest BCUT2D eigenvalue weighted by molar-refractivity contribution is 7.91. The lowest BCUT2D eigenvalue weighted by atomic mass is 9.82. The number of aromatic nitrogens is 1. The molecule has 1 aromatic carbocycles. The molecule has 0 saturated heterocycles. The molecule has 1 amide bonds. The van der Waals surface area contributed by atoms with E-state index in [9.17, 15) is 13.2 Å². The van der Waals surface area contributed by atoms with E-state index in [1.54, 1.807) is 19.1 Å². The van der Waals surface area contributed by atoms with Crippen molar-refractivity contribution >= 4 is 15.7 Å². The zero-order valence-corrected chi connectivity index (χ0v) is 22.3. The molecule has 6 nitrogen and oxygen atoms in total. The van der Waals surface area contributed by atoms with Gasteiger partial charge in [0, 0.05) is 30.9 Å². The van der Waals surface area contributed by atoms with Crippen LogP contribution >= 0.6 is 0 Å². The van der Waals surface area contributed by atoms with Crippen LogP contribution in [0.1, 0.15) is 86.6 Å². The van der Waals surface area contributed by atoms with Gasteiger partial charge in [-0.05, 0) is 66.0 Å². The highest BCUT2D eigenvalue weighted by Gasteiger charge is 2.34. The maximum Gasteiger partial charge on any atom is 0.251 e. The molecule has 0 unspecified atom stereocenters. The lowest BCUT2D eigenvalue weighted by molar-refractivity contribution is 0.0950. The second kappa shape index (κ2) is 10.8. The number of carbonyl (C=O) groups excluding carboxylic acids is 1. The summed E-state index contributed by atoms with van der Waals surface area (Å²) in [6.07, 6.45) is 6.70. The molecule has 1 fully saturated rings. The van der Waals surface area contributed by atoms with E-state index in [-0.39, 0.29) is 23.1 Å². The van der Waals surface area contributed by atoms with Gasteiger partial charge in [-0.15, -0.1) is 0 Å². The van der Waals surface area contributed by atoms with Crippen LogP contribution in [0.2, 0.25) is 0 Å². The summed E-state index contributed by atoms with van der Waals surface area (Å²) in [6.45, 7) is 10.9. The third kappa shape index (κ3) is 5.95. The number of nitrogens with zero attached hydrogens (tertiary/aromatic N) is 2. The first-order chi connectivity index (χ1) is 16.7. The van der Waals surface area contributed by atoms with Crippen molar-refractivity contribution in [1.82, 2.24) is 15.2 Å². The van der Waals surface area contributed by atoms with Crippen LogP contribution in [0.5, 0.6) is 0 Å². The van der Waals surface area contributed by atoms with Crippen LogP contribution in [-0.2, 0) is 22.9 Å². The van der Waals surface area contributed by atoms with Crippen molar-refractivity contribution in [1.29, 1.82) is 0 Å². The second-order valence-electron chi connectivity index (χ2n) is 10.7. The average Bonchev–Trinajstić information content (AvgIpc) is 3.21. The number of rotatable bonds is 8. The van der Waals surface area contributed by atoms with Gasteiger partial charge in [-0.1, -0.05) is 46.6 Å². The SMILES string of the molecule is CCS(=O)(=O)c1ccc(CNC(=O)c2ccc3c(c2)CN(C[C@H]2CC[C@H](C)CC2)[C@H]3C(C)C)nc1. The predicted octanol–water partition coefficient (Wildman–Crippen LogP) is 5.14. The Bertz CT molecular complexity index is 1140. The maximum atomic E-state index is 12.9. The fraction of sp³-hybridized carbons (Fsp3) is 0.571. The lowest BCUT2D eigenvalue weighted by Crippen LogP contribution is -2.32. The van der Waals surface area contributed by atoms with Crippen molar-refractivity contribution < 1.29 is 13.2 Å². The van der Waals surface area contributed by atoms with Gasteiger partial charge >= 0.3 is 0 Å². The summed E-state index contributed by atoms with van der Waals surface area (Å²) in [5.41, 5.74) is 3.90. The molecule has 2 aliphatic rings. The molecule has 1 aromatic heterocycles. The van der Waals surface area contributed by atoms with Crippen molar-refractivity contribution in [3.63, 3.8) is 0 Å². The Balaban J connectivity index is 1.40. The Morgan fingerprint density at radius 2 is 1.89 bits per heavy atom. The molecule has 35 heavy (non-hydrogen) atoms. The van der Waals surface area contributed by atoms with Crippen LogP contribution in [0, 0.1) is 17.8 Å². The summed E-state index contributed by atoms with van der Waals surface area (Å²) in [5, 5.41) is 2.93. The minimum absolute atomic E-state index is 0.0397. The number of hydrogen-bond donors (Lipinski definition) is 1. The fourth-order valence-corrected chi connectivity index (χ4v) is 6.45. The van der Waals surface area contributed by atoms with Gasteiger partial charge in [-0.3, -0.25) is 14.7 Å². The van der Waals surface area contributed by atoms with E-state index < -0.39 is 9.84 Å². The predicted molar refractivity (Wildman–Crippen MR) is 139 cm³/mol. The second-order valence-corrected chi connectivity index (χ2v) is 13.0. The highest BCUT2D eigenvalue weighted by atomic mass is 32.2. The number of benzene rings is 1. The summed E-state index contributed by atoms with van der Waals surface area (Å²) in [6, 6.07) is 9.73. The third-order valence-corrected chi connectivity index (χ3v) is 9.44. The zero-order chi connectivity index (χ0) is 25.2. The third-order valence-electron chi connectivity index (χ3n) is 7.72. The molecule has 1 N–H and O–H groups in total. The summed E-state index contributed by atoms with van der Waals surface area (Å²) in [5.74, 6) is 2.06. The summed E-state index contributed by atoms with van der Waals surface area (Å²) in [4.78, 5) is 19.9. The molecule has 190 valence electrons. The van der Waals surface area contributed by atoms with E-state index >= 15 is 0 Å². The number of pyridine rings is 1. The van der Waals surface area contributed by atoms with E-state index in [0.717, 1.165) is 24.9 Å². The summed E-state index contributed by atoms with van der Waals surface area (Å²) >= 11 is 0. The monoisotopic (exact) mass is 497 g/mol. The molecule has 2 aromatic rings. The first-order valence-electron chi connectivity index (χ1n) is 13.0. The van der Waals surface area contributed by atoms with Crippen LogP contribution in [0.3, 0.4) is 0 Å². The van der Waals surface area contributed by atoms with E-state index in [1.165, 1.54) is 43.0 Å². The van der Waals surface area contributed by atoms with Crippen molar-refractivity contribution in [3.8, 4) is 0 Å². The number of hydrogen-bond acceptors (Lipinski definition) is 5. The van der Waals surface area contributed by atoms with Crippen LogP contribution in [0.15, 0.2) is 41.4 Å². The molecule has 0 radical (unpaired) electrons. The standard InChI is InChI=1S/C28H39N3O3S/c1-5-35(33,34)25-12-11-24(29-16-25)15-30-28(32)22-10-13-26-23(14-22)18-31(27(26)19(2)3)17-21-8-6-20(4)7-9-21/h10-14,16,19-21,27H,5-9,15,17-18H2,1-4H3,(H,30,32)/t20-,21-,27-/m0/s1. The van der Waals surface area contributed by atoms with E-state index in [1.807, 2.05) is 12.1 Å². The molecule has 4 rings (SSSR count). The van der Waals surface area contributed by atoms with Gasteiger partial charge in [0.05, 0.1) is 22.9 Å². The Morgan fingerprint density at radius 1 is 1.14 bits per heavy atom. The largest absolute Gasteiger partial charge is 0.346 e. The Kier molecular flexibility index (Phi) is 7.96. The van der Waals surface area contributed by atoms with Gasteiger partial charge in [0.15, 0.2) is 9.84 Å². The topological polar surface area (TPSA) is 79.4 Å². The number of fused-ring (bicyclic) bond motifs is 1. The Labute approximate surface area is 210 Å². The quantitative estimate of drug-likeness (QED) is 0.546. The van der Waals surface area contributed by atoms with Crippen molar-refractivity contribution in [2.24, 2.45) is 17.8 Å². The molecule has 7 heteroatoms. The molecule has 0 spiro atoms. The molecular weight excluding hydrogens is 458 g/mol. The van der Waals surface area contributed by atoms with Crippen molar-refractivity contribution in [3.05, 3.63) is 58.9 Å². The summed E-state index contributed by atoms with van der Waals surface area (Å²) < 4.78 is 23.9. The van der Waals surface area contributed by atoms with E-state index in [4.69, 9.17) is 0 Å². The molecule has 1 aliphatic heterocycles. The molecule has 1 atom stereocenters. The molecule has 1 saturated carbocycles. The molecule has 0 bridgehead atoms. The maximum absolute atomic E-state index is 12.9. The number of sulfone groups is 1. The van der Waals surface area contributed by atoms with E-state index in [0.29, 0.717) is 23.2 Å². The van der Waals surface area contributed by atoms with Gasteiger partial charge < -0.3 is 5.32 Å². The van der Waals surface area contributed by atoms with Gasteiger partial charge in [0.25, 0.3) is 5.91 Å². The molecule has 1 aliphatic carbocycles. The Hall–Kier alpha value is -2.25. The average molecular weight is 498 g/mol. The van der Waals surface area contributed by atoms with Crippen LogP contribution in [0.25, 0.3) is 0 Å². The number of carbonyl (C=O) groups is 1. The van der Waals surface area contributed by atoms with Crippen molar-refractivity contribution in [2.75, 3.05) is 12.3 Å². The number of amides is 1. The van der Waals surface area contributed by atoms with Gasteiger partial charge in [-0.2, -0.15) is 0 Å². The lowest BCUT2D eigenvalue weighted by Gasteiger charge is -2.34. The first-order valence-corrected chi connectivity index (χ1v) is 14.7. The smallest absolute Gasteiger partial charge is 0.251 e.